The molecule has 4 rings (SSSR count). The van der Waals surface area contributed by atoms with Crippen molar-refractivity contribution in [1.29, 1.82) is 0 Å². The molecule has 1 fully saturated rings. The van der Waals surface area contributed by atoms with E-state index in [0.29, 0.717) is 17.4 Å². The smallest absolute Gasteiger partial charge is 0.253 e. The molecule has 30 heavy (non-hydrogen) atoms. The summed E-state index contributed by atoms with van der Waals surface area (Å²) in [4.78, 5) is 23.9. The molecule has 0 atom stereocenters. The van der Waals surface area contributed by atoms with Crippen LogP contribution < -0.4 is 5.32 Å². The Labute approximate surface area is 178 Å². The number of carbonyl (C=O) groups excluding carboxylic acids is 1. The number of carbonyl (C=O) groups is 1. The second kappa shape index (κ2) is 9.08. The van der Waals surface area contributed by atoms with Crippen LogP contribution in [0.1, 0.15) is 40.2 Å². The highest BCUT2D eigenvalue weighted by Crippen LogP contribution is 2.24. The second-order valence-corrected chi connectivity index (χ2v) is 8.11. The zero-order valence-electron chi connectivity index (χ0n) is 17.6. The van der Waals surface area contributed by atoms with Gasteiger partial charge in [-0.1, -0.05) is 36.4 Å². The molecular weight excluding hydrogens is 372 g/mol. The van der Waals surface area contributed by atoms with Crippen LogP contribution in [0, 0.1) is 19.8 Å². The molecule has 3 aromatic rings. The molecular formula is C25H28N4O. The summed E-state index contributed by atoms with van der Waals surface area (Å²) in [6, 6.07) is 20.2. The molecule has 5 nitrogen and oxygen atoms in total. The second-order valence-electron chi connectivity index (χ2n) is 8.11. The highest BCUT2D eigenvalue weighted by Gasteiger charge is 2.24. The van der Waals surface area contributed by atoms with Gasteiger partial charge in [-0.05, 0) is 68.9 Å². The van der Waals surface area contributed by atoms with E-state index in [1.165, 1.54) is 5.56 Å². The Hall–Kier alpha value is -3.21. The van der Waals surface area contributed by atoms with Crippen LogP contribution in [0.2, 0.25) is 0 Å². The number of hydrogen-bond donors (Lipinski definition) is 1. The highest BCUT2D eigenvalue weighted by atomic mass is 16.2. The Bertz CT molecular complexity index is 990. The van der Waals surface area contributed by atoms with Crippen molar-refractivity contribution in [2.75, 3.05) is 18.4 Å². The summed E-state index contributed by atoms with van der Waals surface area (Å²) in [7, 11) is 0. The molecule has 1 aromatic heterocycles. The summed E-state index contributed by atoms with van der Waals surface area (Å²) in [6.45, 7) is 5.52. The van der Waals surface area contributed by atoms with Crippen molar-refractivity contribution in [1.82, 2.24) is 14.9 Å². The minimum Gasteiger partial charge on any atom is -0.339 e. The molecule has 154 valence electrons. The molecule has 1 aliphatic rings. The Morgan fingerprint density at radius 2 is 1.67 bits per heavy atom. The lowest BCUT2D eigenvalue weighted by molar-refractivity contribution is 0.0690. The third-order valence-corrected chi connectivity index (χ3v) is 5.62. The standard InChI is InChI=1S/C25H28N4O/c1-18-15-19(2)27-25(26-18)28-23-10-6-9-22(17-23)24(30)29-13-11-21(12-14-29)16-20-7-4-3-5-8-20/h3-10,15,17,21H,11-14,16H2,1-2H3,(H,26,27,28). The lowest BCUT2D eigenvalue weighted by Crippen LogP contribution is -2.38. The summed E-state index contributed by atoms with van der Waals surface area (Å²) in [5.74, 6) is 1.29. The normalized spacial score (nSPS) is 14.5. The zero-order chi connectivity index (χ0) is 20.9. The quantitative estimate of drug-likeness (QED) is 0.660. The lowest BCUT2D eigenvalue weighted by Gasteiger charge is -2.32. The van der Waals surface area contributed by atoms with Gasteiger partial charge in [0.2, 0.25) is 5.95 Å². The van der Waals surface area contributed by atoms with E-state index in [1.54, 1.807) is 0 Å². The molecule has 2 heterocycles. The van der Waals surface area contributed by atoms with Gasteiger partial charge < -0.3 is 10.2 Å². The van der Waals surface area contributed by atoms with Gasteiger partial charge in [-0.3, -0.25) is 4.79 Å². The first-order valence-electron chi connectivity index (χ1n) is 10.6. The van der Waals surface area contributed by atoms with E-state index in [9.17, 15) is 4.79 Å². The number of nitrogens with zero attached hydrogens (tertiary/aromatic N) is 3. The molecule has 0 aliphatic carbocycles. The SMILES string of the molecule is Cc1cc(C)nc(Nc2cccc(C(=O)N3CCC(Cc4ccccc4)CC3)c2)n1. The Morgan fingerprint density at radius 1 is 0.967 bits per heavy atom. The summed E-state index contributed by atoms with van der Waals surface area (Å²) < 4.78 is 0. The van der Waals surface area contributed by atoms with Crippen molar-refractivity contribution in [2.24, 2.45) is 5.92 Å². The molecule has 1 saturated heterocycles. The summed E-state index contributed by atoms with van der Waals surface area (Å²) in [6.07, 6.45) is 3.20. The van der Waals surface area contributed by atoms with Crippen molar-refractivity contribution in [3.05, 3.63) is 83.2 Å². The van der Waals surface area contributed by atoms with Gasteiger partial charge in [0.1, 0.15) is 0 Å². The van der Waals surface area contributed by atoms with Crippen LogP contribution in [-0.4, -0.2) is 33.9 Å². The van der Waals surface area contributed by atoms with Crippen LogP contribution in [0.15, 0.2) is 60.7 Å². The summed E-state index contributed by atoms with van der Waals surface area (Å²) in [5, 5.41) is 3.23. The van der Waals surface area contributed by atoms with Gasteiger partial charge in [0, 0.05) is 35.7 Å². The number of likely N-dealkylation sites (tertiary alicyclic amines) is 1. The van der Waals surface area contributed by atoms with E-state index < -0.39 is 0 Å². The number of aromatic nitrogens is 2. The monoisotopic (exact) mass is 400 g/mol. The molecule has 1 amide bonds. The van der Waals surface area contributed by atoms with Crippen molar-refractivity contribution in [3.63, 3.8) is 0 Å². The predicted molar refractivity (Wildman–Crippen MR) is 120 cm³/mol. The molecule has 0 unspecified atom stereocenters. The number of piperidine rings is 1. The van der Waals surface area contributed by atoms with E-state index in [4.69, 9.17) is 0 Å². The molecule has 0 radical (unpaired) electrons. The van der Waals surface area contributed by atoms with Crippen LogP contribution in [0.3, 0.4) is 0 Å². The minimum absolute atomic E-state index is 0.0955. The number of rotatable bonds is 5. The molecule has 0 spiro atoms. The maximum absolute atomic E-state index is 13.0. The van der Waals surface area contributed by atoms with Gasteiger partial charge in [0.15, 0.2) is 0 Å². The number of aryl methyl sites for hydroxylation is 2. The van der Waals surface area contributed by atoms with Gasteiger partial charge in [0.05, 0.1) is 0 Å². The molecule has 0 saturated carbocycles. The van der Waals surface area contributed by atoms with Crippen LogP contribution in [-0.2, 0) is 6.42 Å². The van der Waals surface area contributed by atoms with Crippen molar-refractivity contribution >= 4 is 17.5 Å². The van der Waals surface area contributed by atoms with Gasteiger partial charge in [-0.15, -0.1) is 0 Å². The fourth-order valence-corrected chi connectivity index (χ4v) is 4.11. The van der Waals surface area contributed by atoms with Crippen LogP contribution in [0.4, 0.5) is 11.6 Å². The van der Waals surface area contributed by atoms with E-state index in [0.717, 1.165) is 49.4 Å². The maximum atomic E-state index is 13.0. The summed E-state index contributed by atoms with van der Waals surface area (Å²) >= 11 is 0. The van der Waals surface area contributed by atoms with E-state index in [1.807, 2.05) is 49.1 Å². The van der Waals surface area contributed by atoms with Crippen molar-refractivity contribution < 1.29 is 4.79 Å². The Kier molecular flexibility index (Phi) is 6.07. The first-order chi connectivity index (χ1) is 14.6. The van der Waals surface area contributed by atoms with Crippen molar-refractivity contribution in [3.8, 4) is 0 Å². The zero-order valence-corrected chi connectivity index (χ0v) is 17.6. The predicted octanol–water partition coefficient (Wildman–Crippen LogP) is 4.93. The molecule has 1 aliphatic heterocycles. The average Bonchev–Trinajstić information content (AvgIpc) is 2.74. The highest BCUT2D eigenvalue weighted by molar-refractivity contribution is 5.95. The first kappa shape index (κ1) is 20.1. The number of nitrogens with one attached hydrogen (secondary N) is 1. The molecule has 5 heteroatoms. The summed E-state index contributed by atoms with van der Waals surface area (Å²) in [5.41, 5.74) is 4.73. The number of benzene rings is 2. The van der Waals surface area contributed by atoms with Crippen LogP contribution in [0.5, 0.6) is 0 Å². The third kappa shape index (κ3) is 5.03. The number of amides is 1. The van der Waals surface area contributed by atoms with Crippen molar-refractivity contribution in [2.45, 2.75) is 33.1 Å². The van der Waals surface area contributed by atoms with Crippen LogP contribution >= 0.6 is 0 Å². The van der Waals surface area contributed by atoms with E-state index in [2.05, 4.69) is 45.6 Å². The fourth-order valence-electron chi connectivity index (χ4n) is 4.11. The van der Waals surface area contributed by atoms with Gasteiger partial charge in [-0.25, -0.2) is 9.97 Å². The molecule has 0 bridgehead atoms. The first-order valence-corrected chi connectivity index (χ1v) is 10.6. The van der Waals surface area contributed by atoms with Gasteiger partial charge >= 0.3 is 0 Å². The number of hydrogen-bond acceptors (Lipinski definition) is 4. The Balaban J connectivity index is 1.37. The largest absolute Gasteiger partial charge is 0.339 e. The molecule has 2 aromatic carbocycles. The minimum atomic E-state index is 0.0955. The third-order valence-electron chi connectivity index (χ3n) is 5.62. The van der Waals surface area contributed by atoms with E-state index >= 15 is 0 Å². The van der Waals surface area contributed by atoms with Crippen LogP contribution in [0.25, 0.3) is 0 Å². The fraction of sp³-hybridized carbons (Fsp3) is 0.320. The van der Waals surface area contributed by atoms with Gasteiger partial charge in [0.25, 0.3) is 5.91 Å². The average molecular weight is 401 g/mol. The topological polar surface area (TPSA) is 58.1 Å². The maximum Gasteiger partial charge on any atom is 0.253 e. The van der Waals surface area contributed by atoms with Gasteiger partial charge in [-0.2, -0.15) is 0 Å². The lowest BCUT2D eigenvalue weighted by atomic mass is 9.90. The Morgan fingerprint density at radius 3 is 2.37 bits per heavy atom. The molecule has 1 N–H and O–H groups in total. The number of anilines is 2. The van der Waals surface area contributed by atoms with E-state index in [-0.39, 0.29) is 5.91 Å².